The van der Waals surface area contributed by atoms with Gasteiger partial charge in [0.25, 0.3) is 0 Å². The van der Waals surface area contributed by atoms with E-state index < -0.39 is 0 Å². The smallest absolute Gasteiger partial charge is 0.0731 e. The molecule has 0 spiro atoms. The van der Waals surface area contributed by atoms with E-state index in [0.717, 1.165) is 19.6 Å². The number of ether oxygens (including phenoxy) is 1. The van der Waals surface area contributed by atoms with Crippen molar-refractivity contribution in [2.75, 3.05) is 13.2 Å². The average molecular weight is 197 g/mol. The maximum absolute atomic E-state index is 5.79. The minimum Gasteiger partial charge on any atom is -0.377 e. The van der Waals surface area contributed by atoms with Gasteiger partial charge in [-0.3, -0.25) is 0 Å². The first kappa shape index (κ1) is 11.7. The molecule has 0 amide bonds. The molecule has 2 heteroatoms. The highest BCUT2D eigenvalue weighted by atomic mass is 16.5. The second-order valence-electron chi connectivity index (χ2n) is 4.23. The molecule has 1 saturated heterocycles. The van der Waals surface area contributed by atoms with E-state index >= 15 is 0 Å². The fourth-order valence-electron chi connectivity index (χ4n) is 2.06. The highest BCUT2D eigenvalue weighted by Gasteiger charge is 2.23. The van der Waals surface area contributed by atoms with Crippen LogP contribution in [0.2, 0.25) is 0 Å². The van der Waals surface area contributed by atoms with Gasteiger partial charge < -0.3 is 10.1 Å². The Morgan fingerprint density at radius 1 is 1.57 bits per heavy atom. The maximum Gasteiger partial charge on any atom is 0.0731 e. The minimum absolute atomic E-state index is 0.403. The van der Waals surface area contributed by atoms with Crippen molar-refractivity contribution in [3.05, 3.63) is 12.2 Å². The van der Waals surface area contributed by atoms with Crippen LogP contribution in [0.1, 0.15) is 39.5 Å². The summed E-state index contributed by atoms with van der Waals surface area (Å²) < 4.78 is 5.79. The summed E-state index contributed by atoms with van der Waals surface area (Å²) in [6.07, 6.45) is 5.18. The van der Waals surface area contributed by atoms with Gasteiger partial charge in [0.1, 0.15) is 0 Å². The standard InChI is InChI=1S/C12H23NO/c1-4-13-11(9-10(2)3)12-7-5-6-8-14-12/h11-13H,2,4-9H2,1,3H3. The molecule has 1 aliphatic rings. The van der Waals surface area contributed by atoms with E-state index in [2.05, 4.69) is 25.7 Å². The average Bonchev–Trinajstić information content (AvgIpc) is 2.18. The summed E-state index contributed by atoms with van der Waals surface area (Å²) in [7, 11) is 0. The predicted molar refractivity (Wildman–Crippen MR) is 60.5 cm³/mol. The van der Waals surface area contributed by atoms with E-state index in [1.165, 1.54) is 24.8 Å². The molecule has 1 heterocycles. The second kappa shape index (κ2) is 6.20. The van der Waals surface area contributed by atoms with Crippen LogP contribution in [-0.4, -0.2) is 25.3 Å². The molecule has 0 radical (unpaired) electrons. The second-order valence-corrected chi connectivity index (χ2v) is 4.23. The fourth-order valence-corrected chi connectivity index (χ4v) is 2.06. The van der Waals surface area contributed by atoms with Crippen molar-refractivity contribution in [3.8, 4) is 0 Å². The summed E-state index contributed by atoms with van der Waals surface area (Å²) >= 11 is 0. The van der Waals surface area contributed by atoms with Gasteiger partial charge in [-0.1, -0.05) is 12.5 Å². The molecule has 2 atom stereocenters. The lowest BCUT2D eigenvalue weighted by atomic mass is 9.97. The van der Waals surface area contributed by atoms with Gasteiger partial charge in [0, 0.05) is 12.6 Å². The Labute approximate surface area is 87.7 Å². The van der Waals surface area contributed by atoms with Crippen molar-refractivity contribution in [2.24, 2.45) is 0 Å². The maximum atomic E-state index is 5.79. The third-order valence-electron chi connectivity index (χ3n) is 2.70. The number of rotatable bonds is 5. The van der Waals surface area contributed by atoms with Crippen molar-refractivity contribution in [3.63, 3.8) is 0 Å². The van der Waals surface area contributed by atoms with Crippen molar-refractivity contribution >= 4 is 0 Å². The quantitative estimate of drug-likeness (QED) is 0.684. The molecule has 0 aliphatic carbocycles. The van der Waals surface area contributed by atoms with Crippen LogP contribution in [0.4, 0.5) is 0 Å². The molecule has 1 aliphatic heterocycles. The summed E-state index contributed by atoms with van der Waals surface area (Å²) in [6.45, 7) is 10.2. The highest BCUT2D eigenvalue weighted by molar-refractivity contribution is 4.95. The number of hydrogen-bond acceptors (Lipinski definition) is 2. The monoisotopic (exact) mass is 197 g/mol. The molecule has 1 N–H and O–H groups in total. The normalized spacial score (nSPS) is 24.6. The largest absolute Gasteiger partial charge is 0.377 e. The van der Waals surface area contributed by atoms with Crippen LogP contribution in [0, 0.1) is 0 Å². The molecule has 0 aromatic carbocycles. The summed E-state index contributed by atoms with van der Waals surface area (Å²) in [5.74, 6) is 0. The minimum atomic E-state index is 0.403. The van der Waals surface area contributed by atoms with Gasteiger partial charge >= 0.3 is 0 Å². The zero-order valence-electron chi connectivity index (χ0n) is 9.51. The number of likely N-dealkylation sites (N-methyl/N-ethyl adjacent to an activating group) is 1. The molecule has 0 aromatic rings. The van der Waals surface area contributed by atoms with Crippen LogP contribution in [0.15, 0.2) is 12.2 Å². The molecule has 82 valence electrons. The molecular formula is C12H23NO. The summed E-state index contributed by atoms with van der Waals surface area (Å²) in [5.41, 5.74) is 1.24. The van der Waals surface area contributed by atoms with E-state index in [9.17, 15) is 0 Å². The lowest BCUT2D eigenvalue weighted by molar-refractivity contribution is -0.00705. The Morgan fingerprint density at radius 2 is 2.36 bits per heavy atom. The third kappa shape index (κ3) is 3.81. The van der Waals surface area contributed by atoms with Crippen molar-refractivity contribution in [1.29, 1.82) is 0 Å². The van der Waals surface area contributed by atoms with Gasteiger partial charge in [-0.25, -0.2) is 0 Å². The SMILES string of the molecule is C=C(C)CC(NCC)C1CCCCO1. The van der Waals surface area contributed by atoms with Crippen molar-refractivity contribution in [2.45, 2.75) is 51.7 Å². The molecular weight excluding hydrogens is 174 g/mol. The van der Waals surface area contributed by atoms with E-state index in [0.29, 0.717) is 12.1 Å². The molecule has 1 rings (SSSR count). The van der Waals surface area contributed by atoms with E-state index in [4.69, 9.17) is 4.74 Å². The Morgan fingerprint density at radius 3 is 2.86 bits per heavy atom. The summed E-state index contributed by atoms with van der Waals surface area (Å²) in [5, 5.41) is 3.50. The van der Waals surface area contributed by atoms with Gasteiger partial charge in [-0.05, 0) is 39.2 Å². The van der Waals surface area contributed by atoms with Gasteiger partial charge in [-0.2, -0.15) is 0 Å². The van der Waals surface area contributed by atoms with E-state index in [1.807, 2.05) is 0 Å². The first-order valence-corrected chi connectivity index (χ1v) is 5.73. The Hall–Kier alpha value is -0.340. The molecule has 2 nitrogen and oxygen atoms in total. The first-order valence-electron chi connectivity index (χ1n) is 5.73. The lowest BCUT2D eigenvalue weighted by Crippen LogP contribution is -2.43. The Kier molecular flexibility index (Phi) is 5.20. The third-order valence-corrected chi connectivity index (χ3v) is 2.70. The molecule has 0 saturated carbocycles. The highest BCUT2D eigenvalue weighted by Crippen LogP contribution is 2.19. The van der Waals surface area contributed by atoms with Crippen LogP contribution in [0.25, 0.3) is 0 Å². The van der Waals surface area contributed by atoms with Crippen LogP contribution in [0.5, 0.6) is 0 Å². The topological polar surface area (TPSA) is 21.3 Å². The van der Waals surface area contributed by atoms with Gasteiger partial charge in [0.15, 0.2) is 0 Å². The zero-order chi connectivity index (χ0) is 10.4. The van der Waals surface area contributed by atoms with E-state index in [-0.39, 0.29) is 0 Å². The summed E-state index contributed by atoms with van der Waals surface area (Å²) in [6, 6.07) is 0.470. The number of nitrogens with one attached hydrogen (secondary N) is 1. The molecule has 14 heavy (non-hydrogen) atoms. The number of hydrogen-bond donors (Lipinski definition) is 1. The van der Waals surface area contributed by atoms with E-state index in [1.54, 1.807) is 0 Å². The predicted octanol–water partition coefficient (Wildman–Crippen LogP) is 2.50. The van der Waals surface area contributed by atoms with Gasteiger partial charge in [0.2, 0.25) is 0 Å². The van der Waals surface area contributed by atoms with Crippen LogP contribution in [-0.2, 0) is 4.74 Å². The van der Waals surface area contributed by atoms with Crippen molar-refractivity contribution < 1.29 is 4.74 Å². The van der Waals surface area contributed by atoms with Crippen LogP contribution < -0.4 is 5.32 Å². The molecule has 1 fully saturated rings. The lowest BCUT2D eigenvalue weighted by Gasteiger charge is -2.31. The Bertz CT molecular complexity index is 173. The van der Waals surface area contributed by atoms with Crippen LogP contribution in [0.3, 0.4) is 0 Å². The van der Waals surface area contributed by atoms with Gasteiger partial charge in [0.05, 0.1) is 6.10 Å². The van der Waals surface area contributed by atoms with Crippen molar-refractivity contribution in [1.82, 2.24) is 5.32 Å². The molecule has 2 unspecified atom stereocenters. The molecule has 0 aromatic heterocycles. The Balaban J connectivity index is 2.42. The van der Waals surface area contributed by atoms with Crippen LogP contribution >= 0.6 is 0 Å². The zero-order valence-corrected chi connectivity index (χ0v) is 9.51. The summed E-state index contributed by atoms with van der Waals surface area (Å²) in [4.78, 5) is 0. The molecule has 0 bridgehead atoms. The van der Waals surface area contributed by atoms with Gasteiger partial charge in [-0.15, -0.1) is 6.58 Å². The fraction of sp³-hybridized carbons (Fsp3) is 0.833. The first-order chi connectivity index (χ1) is 6.74.